The van der Waals surface area contributed by atoms with Crippen molar-refractivity contribution >= 4 is 23.2 Å². The van der Waals surface area contributed by atoms with E-state index in [0.717, 1.165) is 37.7 Å². The summed E-state index contributed by atoms with van der Waals surface area (Å²) in [7, 11) is 0. The van der Waals surface area contributed by atoms with Crippen molar-refractivity contribution in [1.29, 1.82) is 0 Å². The predicted molar refractivity (Wildman–Crippen MR) is 95.4 cm³/mol. The number of hydrogen-bond acceptors (Lipinski definition) is 3. The first kappa shape index (κ1) is 16.3. The number of alkyl halides is 1. The number of epoxide rings is 1. The lowest BCUT2D eigenvalue weighted by atomic mass is 9.46. The van der Waals surface area contributed by atoms with Crippen LogP contribution >= 0.6 is 11.6 Å². The van der Waals surface area contributed by atoms with Crippen molar-refractivity contribution < 1.29 is 14.3 Å². The largest absolute Gasteiger partial charge is 0.365 e. The fourth-order valence-electron chi connectivity index (χ4n) is 7.09. The molecule has 0 aromatic heterocycles. The molecule has 6 atom stereocenters. The van der Waals surface area contributed by atoms with Gasteiger partial charge in [-0.1, -0.05) is 25.5 Å². The van der Waals surface area contributed by atoms with Gasteiger partial charge in [0.05, 0.1) is 12.0 Å². The summed E-state index contributed by atoms with van der Waals surface area (Å²) < 4.78 is 6.52. The predicted octanol–water partition coefficient (Wildman–Crippen LogP) is 3.99. The molecule has 0 aromatic rings. The van der Waals surface area contributed by atoms with Crippen LogP contribution in [0.4, 0.5) is 0 Å². The number of carbonyl (C=O) groups excluding carboxylic acids is 2. The van der Waals surface area contributed by atoms with Crippen molar-refractivity contribution in [2.45, 2.75) is 64.1 Å². The highest BCUT2D eigenvalue weighted by Crippen LogP contribution is 2.75. The molecule has 4 aliphatic carbocycles. The molecule has 2 saturated carbocycles. The number of hydrogen-bond donors (Lipinski definition) is 0. The van der Waals surface area contributed by atoms with Gasteiger partial charge in [-0.05, 0) is 55.6 Å². The molecule has 25 heavy (non-hydrogen) atoms. The second kappa shape index (κ2) is 4.86. The lowest BCUT2D eigenvalue weighted by Crippen LogP contribution is -2.57. The summed E-state index contributed by atoms with van der Waals surface area (Å²) in [6.07, 6.45) is 9.78. The quantitative estimate of drug-likeness (QED) is 0.552. The average molecular weight is 361 g/mol. The number of rotatable bonds is 2. The first-order chi connectivity index (χ1) is 11.9. The monoisotopic (exact) mass is 360 g/mol. The minimum atomic E-state index is -0.102. The van der Waals surface area contributed by atoms with Crippen LogP contribution in [0.3, 0.4) is 0 Å². The number of halogens is 1. The van der Waals surface area contributed by atoms with Gasteiger partial charge in [-0.3, -0.25) is 9.59 Å². The highest BCUT2D eigenvalue weighted by molar-refractivity contribution is 6.30. The fourth-order valence-corrected chi connectivity index (χ4v) is 7.24. The SMILES string of the molecule is C[C@]12CCC(=O)C=C1CC[C@H]1[C@@H]3CC=C(C(=O)CCl)[C@@]3(C)CC3O[C@]312. The number of carbonyl (C=O) groups is 2. The Kier molecular flexibility index (Phi) is 3.16. The zero-order chi connectivity index (χ0) is 17.6. The van der Waals surface area contributed by atoms with Crippen molar-refractivity contribution in [3.8, 4) is 0 Å². The van der Waals surface area contributed by atoms with Crippen molar-refractivity contribution in [3.63, 3.8) is 0 Å². The van der Waals surface area contributed by atoms with Gasteiger partial charge in [-0.2, -0.15) is 0 Å². The van der Waals surface area contributed by atoms with Gasteiger partial charge in [0.25, 0.3) is 0 Å². The number of fused-ring (bicyclic) bond motifs is 3. The van der Waals surface area contributed by atoms with E-state index < -0.39 is 0 Å². The standard InChI is InChI=1S/C21H25ClO3/c1-19-10-18-21(25-18)15(14(19)5-6-16(19)17(24)11-22)4-3-12-9-13(23)7-8-20(12,21)2/h6,9,14-15,18H,3-5,7-8,10-11H2,1-2H3/t14-,15-,18?,19-,20-,21-/m0/s1. The van der Waals surface area contributed by atoms with Crippen LogP contribution in [0.25, 0.3) is 0 Å². The number of Topliss-reactive ketones (excluding diaryl/α,β-unsaturated/α-hetero) is 1. The van der Waals surface area contributed by atoms with Crippen LogP contribution in [0, 0.1) is 22.7 Å². The lowest BCUT2D eigenvalue weighted by molar-refractivity contribution is -0.118. The average Bonchev–Trinajstić information content (AvgIpc) is 3.20. The molecule has 0 bridgehead atoms. The highest BCUT2D eigenvalue weighted by atomic mass is 35.5. The Morgan fingerprint density at radius 3 is 2.88 bits per heavy atom. The number of allylic oxidation sites excluding steroid dienone is 3. The Bertz CT molecular complexity index is 752. The lowest BCUT2D eigenvalue weighted by Gasteiger charge is -2.55. The summed E-state index contributed by atoms with van der Waals surface area (Å²) in [4.78, 5) is 24.3. The summed E-state index contributed by atoms with van der Waals surface area (Å²) in [5.41, 5.74) is 2.06. The van der Waals surface area contributed by atoms with E-state index in [9.17, 15) is 9.59 Å². The van der Waals surface area contributed by atoms with Crippen LogP contribution in [-0.4, -0.2) is 29.2 Å². The second-order valence-corrected chi connectivity index (χ2v) is 9.42. The Labute approximate surface area is 153 Å². The molecule has 134 valence electrons. The van der Waals surface area contributed by atoms with Crippen molar-refractivity contribution in [2.24, 2.45) is 22.7 Å². The van der Waals surface area contributed by atoms with Crippen LogP contribution in [0.15, 0.2) is 23.3 Å². The third-order valence-corrected chi connectivity index (χ3v) is 8.58. The topological polar surface area (TPSA) is 46.7 Å². The van der Waals surface area contributed by atoms with Crippen molar-refractivity contribution in [3.05, 3.63) is 23.3 Å². The van der Waals surface area contributed by atoms with Gasteiger partial charge in [0.2, 0.25) is 0 Å². The molecule has 5 rings (SSSR count). The zero-order valence-corrected chi connectivity index (χ0v) is 15.7. The number of ketones is 2. The molecular formula is C21H25ClO3. The van der Waals surface area contributed by atoms with Crippen LogP contribution in [0.2, 0.25) is 0 Å². The molecule has 1 heterocycles. The van der Waals surface area contributed by atoms with Crippen molar-refractivity contribution in [2.75, 3.05) is 5.88 Å². The van der Waals surface area contributed by atoms with E-state index in [1.165, 1.54) is 5.57 Å². The van der Waals surface area contributed by atoms with Crippen molar-refractivity contribution in [1.82, 2.24) is 0 Å². The van der Waals surface area contributed by atoms with Gasteiger partial charge in [-0.25, -0.2) is 0 Å². The molecule has 1 spiro atoms. The molecule has 0 N–H and O–H groups in total. The molecule has 1 unspecified atom stereocenters. The molecule has 5 aliphatic rings. The fraction of sp³-hybridized carbons (Fsp3) is 0.714. The van der Waals surface area contributed by atoms with E-state index in [-0.39, 0.29) is 40.0 Å². The Morgan fingerprint density at radius 1 is 1.32 bits per heavy atom. The molecule has 0 aromatic carbocycles. The van der Waals surface area contributed by atoms with Gasteiger partial charge in [0.1, 0.15) is 5.60 Å². The van der Waals surface area contributed by atoms with E-state index in [4.69, 9.17) is 16.3 Å². The highest BCUT2D eigenvalue weighted by Gasteiger charge is 2.78. The van der Waals surface area contributed by atoms with Crippen LogP contribution in [0.1, 0.15) is 52.4 Å². The summed E-state index contributed by atoms with van der Waals surface area (Å²) in [5, 5.41) is 0. The molecule has 3 nitrogen and oxygen atoms in total. The van der Waals surface area contributed by atoms with Crippen LogP contribution in [0.5, 0.6) is 0 Å². The molecule has 3 fully saturated rings. The molecule has 1 aliphatic heterocycles. The Morgan fingerprint density at radius 2 is 2.12 bits per heavy atom. The smallest absolute Gasteiger partial charge is 0.173 e. The van der Waals surface area contributed by atoms with E-state index in [0.29, 0.717) is 18.3 Å². The van der Waals surface area contributed by atoms with E-state index in [2.05, 4.69) is 19.9 Å². The summed E-state index contributed by atoms with van der Waals surface area (Å²) >= 11 is 5.87. The maximum Gasteiger partial charge on any atom is 0.173 e. The minimum absolute atomic E-state index is 0.00489. The zero-order valence-electron chi connectivity index (χ0n) is 14.9. The molecule has 4 heteroatoms. The maximum atomic E-state index is 12.4. The van der Waals surface area contributed by atoms with Gasteiger partial charge < -0.3 is 4.74 Å². The van der Waals surface area contributed by atoms with Gasteiger partial charge in [-0.15, -0.1) is 11.6 Å². The molecule has 0 amide bonds. The molecule has 1 saturated heterocycles. The molecule has 0 radical (unpaired) electrons. The molecular weight excluding hydrogens is 336 g/mol. The normalized spacial score (nSPS) is 50.0. The minimum Gasteiger partial charge on any atom is -0.365 e. The Balaban J connectivity index is 1.55. The number of ether oxygens (including phenoxy) is 1. The summed E-state index contributed by atoms with van der Waals surface area (Å²) in [5.74, 6) is 1.37. The van der Waals surface area contributed by atoms with Crippen LogP contribution < -0.4 is 0 Å². The van der Waals surface area contributed by atoms with Crippen LogP contribution in [-0.2, 0) is 14.3 Å². The van der Waals surface area contributed by atoms with E-state index >= 15 is 0 Å². The van der Waals surface area contributed by atoms with E-state index in [1.54, 1.807) is 0 Å². The third-order valence-electron chi connectivity index (χ3n) is 8.34. The van der Waals surface area contributed by atoms with Gasteiger partial charge in [0, 0.05) is 17.3 Å². The first-order valence-corrected chi connectivity index (χ1v) is 10.1. The van der Waals surface area contributed by atoms with E-state index in [1.807, 2.05) is 6.08 Å². The first-order valence-electron chi connectivity index (χ1n) is 9.58. The van der Waals surface area contributed by atoms with Gasteiger partial charge in [0.15, 0.2) is 11.6 Å². The van der Waals surface area contributed by atoms with Gasteiger partial charge >= 0.3 is 0 Å². The second-order valence-electron chi connectivity index (χ2n) is 9.15. The summed E-state index contributed by atoms with van der Waals surface area (Å²) in [6, 6.07) is 0. The summed E-state index contributed by atoms with van der Waals surface area (Å²) in [6.45, 7) is 4.58. The third kappa shape index (κ3) is 1.77. The maximum absolute atomic E-state index is 12.4. The Hall–Kier alpha value is -0.930.